The zero-order valence-electron chi connectivity index (χ0n) is 34.1. The highest BCUT2D eigenvalue weighted by Gasteiger charge is 2.59. The molecule has 8 rings (SSSR count). The zero-order valence-corrected chi connectivity index (χ0v) is 34.1. The number of esters is 1. The first kappa shape index (κ1) is 39.4. The Morgan fingerprint density at radius 3 is 2.34 bits per heavy atom. The Labute approximate surface area is 339 Å². The molecule has 3 aromatic rings. The third kappa shape index (κ3) is 7.53. The first-order valence-electron chi connectivity index (χ1n) is 20.7. The van der Waals surface area contributed by atoms with Gasteiger partial charge < -0.3 is 24.4 Å². The number of carbonyl (C=O) groups excluding carboxylic acids is 1. The van der Waals surface area contributed by atoms with Gasteiger partial charge in [0.25, 0.3) is 5.56 Å². The molecule has 8 atom stereocenters. The Kier molecular flexibility index (Phi) is 10.7. The molecule has 4 fully saturated rings. The number of phenolic OH excluding ortho intramolecular Hbond substituents is 2. The van der Waals surface area contributed by atoms with Gasteiger partial charge >= 0.3 is 5.97 Å². The summed E-state index contributed by atoms with van der Waals surface area (Å²) in [5.74, 6) is 3.80. The number of benzene rings is 2. The predicted molar refractivity (Wildman–Crippen MR) is 225 cm³/mol. The lowest BCUT2D eigenvalue weighted by molar-refractivity contribution is -0.158. The van der Waals surface area contributed by atoms with Crippen LogP contribution in [0.1, 0.15) is 96.1 Å². The van der Waals surface area contributed by atoms with Crippen molar-refractivity contribution in [1.29, 1.82) is 0 Å². The third-order valence-corrected chi connectivity index (χ3v) is 14.2. The smallest absolute Gasteiger partial charge is 0.302 e. The molecule has 2 aromatic carbocycles. The second-order valence-corrected chi connectivity index (χ2v) is 17.4. The van der Waals surface area contributed by atoms with Crippen molar-refractivity contribution in [3.05, 3.63) is 76.1 Å². The second-order valence-electron chi connectivity index (χ2n) is 17.4. The number of methoxy groups -OCH3 is 2. The van der Waals surface area contributed by atoms with Crippen molar-refractivity contribution in [3.8, 4) is 23.0 Å². The molecule has 0 saturated heterocycles. The molecule has 1 aromatic heterocycles. The number of aromatic hydroxyl groups is 2. The lowest BCUT2D eigenvalue weighted by Crippen LogP contribution is -2.54. The van der Waals surface area contributed by atoms with E-state index in [-0.39, 0.29) is 46.0 Å². The van der Waals surface area contributed by atoms with Crippen LogP contribution in [0.15, 0.2) is 69.5 Å². The normalized spacial score (nSPS) is 31.2. The van der Waals surface area contributed by atoms with Crippen LogP contribution in [0.4, 0.5) is 11.8 Å². The van der Waals surface area contributed by atoms with Gasteiger partial charge in [-0.05, 0) is 128 Å². The fourth-order valence-electron chi connectivity index (χ4n) is 11.3. The minimum Gasteiger partial charge on any atom is -0.504 e. The maximum atomic E-state index is 13.3. The number of carbonyl (C=O) groups is 1. The number of anilines is 1. The van der Waals surface area contributed by atoms with Gasteiger partial charge in [0.2, 0.25) is 5.95 Å². The number of ether oxygens (including phenoxy) is 3. The van der Waals surface area contributed by atoms with Gasteiger partial charge in [-0.1, -0.05) is 44.2 Å². The molecule has 1 unspecified atom stereocenters. The van der Waals surface area contributed by atoms with E-state index < -0.39 is 0 Å². The number of allylic oxidation sites excluding steroid dienone is 1. The standard InChI is InChI=1S/C46H55N5O7/c1-27(52)58-33-18-20-45(2)30(24-33)10-13-34-35-14-17-41(46(35,3)21-19-36(34)45)47-42-26-43(55)49-44(48-42)51-32(12-7-29-9-16-38(54)40(23-29)57-5)25-31(50-51)11-6-28-8-15-37(53)39(22-28)56-4/h6-9,11-12,15-16,22-23,26,30,32-36,53-54H,10,13-14,17-21,24-25H2,1-5H3,(H,48,49,55)/b11-6+,12-7+,47-41-/t30-,32?,33-,34-,35-,36-,45-,46-/m0/s1. The Balaban J connectivity index is 1.06. The van der Waals surface area contributed by atoms with Crippen molar-refractivity contribution in [1.82, 2.24) is 9.97 Å². The van der Waals surface area contributed by atoms with Crippen molar-refractivity contribution in [3.63, 3.8) is 0 Å². The molecule has 5 aliphatic rings. The van der Waals surface area contributed by atoms with Crippen molar-refractivity contribution in [2.24, 2.45) is 44.6 Å². The maximum Gasteiger partial charge on any atom is 0.302 e. The monoisotopic (exact) mass is 789 g/mol. The van der Waals surface area contributed by atoms with Crippen LogP contribution in [-0.4, -0.2) is 63.9 Å². The summed E-state index contributed by atoms with van der Waals surface area (Å²) in [5.41, 5.74) is 3.47. The van der Waals surface area contributed by atoms with E-state index in [1.165, 1.54) is 40.1 Å². The molecule has 3 N–H and O–H groups in total. The Morgan fingerprint density at radius 2 is 1.64 bits per heavy atom. The summed E-state index contributed by atoms with van der Waals surface area (Å²) in [5, 5.41) is 26.9. The summed E-state index contributed by atoms with van der Waals surface area (Å²) in [7, 11) is 3.02. The molecule has 306 valence electrons. The first-order chi connectivity index (χ1) is 27.9. The number of aliphatic imine (C=N–C) groups is 1. The number of H-pyrrole nitrogens is 1. The fraction of sp³-hybridized carbons (Fsp3) is 0.500. The molecule has 12 nitrogen and oxygen atoms in total. The highest BCUT2D eigenvalue weighted by atomic mass is 16.5. The van der Waals surface area contributed by atoms with Crippen molar-refractivity contribution < 1.29 is 29.2 Å². The number of hydrogen-bond donors (Lipinski definition) is 3. The molecule has 4 saturated carbocycles. The van der Waals surface area contributed by atoms with Crippen LogP contribution < -0.4 is 20.0 Å². The number of phenols is 2. The molecule has 0 radical (unpaired) electrons. The van der Waals surface area contributed by atoms with Crippen LogP contribution in [0.3, 0.4) is 0 Å². The highest BCUT2D eigenvalue weighted by molar-refractivity contribution is 6.01. The lowest BCUT2D eigenvalue weighted by atomic mass is 9.45. The van der Waals surface area contributed by atoms with E-state index in [1.807, 2.05) is 24.3 Å². The number of aromatic nitrogens is 2. The third-order valence-electron chi connectivity index (χ3n) is 14.2. The summed E-state index contributed by atoms with van der Waals surface area (Å²) < 4.78 is 16.3. The Morgan fingerprint density at radius 1 is 0.914 bits per heavy atom. The summed E-state index contributed by atoms with van der Waals surface area (Å²) in [6, 6.07) is 11.5. The van der Waals surface area contributed by atoms with Crippen LogP contribution >= 0.6 is 0 Å². The molecule has 12 heteroatoms. The molecular weight excluding hydrogens is 735 g/mol. The molecule has 2 heterocycles. The summed E-state index contributed by atoms with van der Waals surface area (Å²) in [6.45, 7) is 6.44. The number of rotatable bonds is 9. The molecule has 4 aliphatic carbocycles. The van der Waals surface area contributed by atoms with E-state index >= 15 is 0 Å². The van der Waals surface area contributed by atoms with Crippen molar-refractivity contribution >= 4 is 41.3 Å². The van der Waals surface area contributed by atoms with Gasteiger partial charge in [0.05, 0.1) is 26.0 Å². The Hall–Kier alpha value is -5.39. The molecule has 0 bridgehead atoms. The minimum atomic E-state index is -0.302. The topological polar surface area (TPSA) is 159 Å². The van der Waals surface area contributed by atoms with Gasteiger partial charge in [0.1, 0.15) is 6.10 Å². The summed E-state index contributed by atoms with van der Waals surface area (Å²) >= 11 is 0. The minimum absolute atomic E-state index is 0.0525. The van der Waals surface area contributed by atoms with Gasteiger partial charge in [0.15, 0.2) is 28.8 Å². The van der Waals surface area contributed by atoms with Gasteiger partial charge in [-0.15, -0.1) is 0 Å². The number of aromatic amines is 1. The van der Waals surface area contributed by atoms with Crippen LogP contribution in [0.25, 0.3) is 12.2 Å². The molecule has 0 amide bonds. The summed E-state index contributed by atoms with van der Waals surface area (Å²) in [4.78, 5) is 38.2. The van der Waals surface area contributed by atoms with E-state index in [0.29, 0.717) is 53.4 Å². The van der Waals surface area contributed by atoms with E-state index in [4.69, 9.17) is 29.3 Å². The molecule has 0 spiro atoms. The fourth-order valence-corrected chi connectivity index (χ4v) is 11.3. The van der Waals surface area contributed by atoms with Crippen LogP contribution in [0.2, 0.25) is 0 Å². The number of hydrazone groups is 1. The van der Waals surface area contributed by atoms with E-state index in [2.05, 4.69) is 18.8 Å². The van der Waals surface area contributed by atoms with Crippen molar-refractivity contribution in [2.75, 3.05) is 19.2 Å². The summed E-state index contributed by atoms with van der Waals surface area (Å²) in [6.07, 6.45) is 18.0. The highest BCUT2D eigenvalue weighted by Crippen LogP contribution is 2.66. The SMILES string of the molecule is COc1cc(/C=C/C2=NN(c3nc(/N=C4/CC[C@H]5[C@@H]6CC[C@H]7C[C@@H](OC(C)=O)CC[C@]7(C)[C@H]6CC[C@]45C)cc(=O)[nH]3)C(/C=C/c3ccc(O)c(OC)c3)C2)ccc1O. The molecular formula is C46H55N5O7. The average molecular weight is 790 g/mol. The Bertz CT molecular complexity index is 2250. The first-order valence-corrected chi connectivity index (χ1v) is 20.7. The molecule has 58 heavy (non-hydrogen) atoms. The van der Waals surface area contributed by atoms with Crippen LogP contribution in [-0.2, 0) is 9.53 Å². The molecule has 1 aliphatic heterocycles. The van der Waals surface area contributed by atoms with Crippen molar-refractivity contribution in [2.45, 2.75) is 97.1 Å². The second kappa shape index (κ2) is 15.8. The number of fused-ring (bicyclic) bond motifs is 5. The zero-order chi connectivity index (χ0) is 40.8. The number of hydrogen-bond acceptors (Lipinski definition) is 11. The maximum absolute atomic E-state index is 13.3. The number of nitrogens with one attached hydrogen (secondary N) is 1. The largest absolute Gasteiger partial charge is 0.504 e. The number of nitrogens with zero attached hydrogens (tertiary/aromatic N) is 4. The van der Waals surface area contributed by atoms with Gasteiger partial charge in [-0.3, -0.25) is 14.6 Å². The van der Waals surface area contributed by atoms with Gasteiger partial charge in [-0.25, -0.2) is 10.0 Å². The van der Waals surface area contributed by atoms with Crippen LogP contribution in [0, 0.1) is 34.5 Å². The van der Waals surface area contributed by atoms with Crippen LogP contribution in [0.5, 0.6) is 23.0 Å². The van der Waals surface area contributed by atoms with E-state index in [1.54, 1.807) is 41.4 Å². The lowest BCUT2D eigenvalue weighted by Gasteiger charge is -2.60. The van der Waals surface area contributed by atoms with Gasteiger partial charge in [-0.2, -0.15) is 10.1 Å². The quantitative estimate of drug-likeness (QED) is 0.181. The van der Waals surface area contributed by atoms with E-state index in [9.17, 15) is 19.8 Å². The predicted octanol–water partition coefficient (Wildman–Crippen LogP) is 8.61. The average Bonchev–Trinajstić information content (AvgIpc) is 3.77. The van der Waals surface area contributed by atoms with E-state index in [0.717, 1.165) is 67.5 Å². The van der Waals surface area contributed by atoms with Gasteiger partial charge in [0, 0.05) is 30.5 Å².